The summed E-state index contributed by atoms with van der Waals surface area (Å²) in [6.45, 7) is 4.21. The molecule has 14 heavy (non-hydrogen) atoms. The van der Waals surface area contributed by atoms with E-state index in [-0.39, 0.29) is 17.5 Å². The lowest BCUT2D eigenvalue weighted by atomic mass is 9.86. The average molecular weight is 196 g/mol. The molecule has 2 nitrogen and oxygen atoms in total. The van der Waals surface area contributed by atoms with Crippen LogP contribution < -0.4 is 0 Å². The van der Waals surface area contributed by atoms with Crippen LogP contribution in [0.1, 0.15) is 52.4 Å². The molecule has 0 radical (unpaired) electrons. The zero-order valence-electron chi connectivity index (χ0n) is 9.21. The highest BCUT2D eigenvalue weighted by Crippen LogP contribution is 2.41. The highest BCUT2D eigenvalue weighted by Gasteiger charge is 2.43. The van der Waals surface area contributed by atoms with Gasteiger partial charge in [0.25, 0.3) is 0 Å². The standard InChI is InChI=1S/C12H20O2/c1-9-8-10(9)11(13)14-12(2)6-4-3-5-7-12/h9-10H,3-8H2,1-2H3. The molecule has 0 aromatic carbocycles. The number of esters is 1. The van der Waals surface area contributed by atoms with Gasteiger partial charge in [0.2, 0.25) is 0 Å². The molecular formula is C12H20O2. The molecule has 0 heterocycles. The van der Waals surface area contributed by atoms with Gasteiger partial charge in [-0.25, -0.2) is 0 Å². The Morgan fingerprint density at radius 1 is 1.29 bits per heavy atom. The molecule has 0 N–H and O–H groups in total. The molecule has 0 aromatic rings. The molecule has 0 saturated heterocycles. The molecule has 2 aliphatic rings. The van der Waals surface area contributed by atoms with Crippen LogP contribution >= 0.6 is 0 Å². The summed E-state index contributed by atoms with van der Waals surface area (Å²) >= 11 is 0. The van der Waals surface area contributed by atoms with Crippen molar-refractivity contribution >= 4 is 5.97 Å². The fraction of sp³-hybridized carbons (Fsp3) is 0.917. The normalized spacial score (nSPS) is 35.0. The minimum atomic E-state index is -0.141. The van der Waals surface area contributed by atoms with E-state index in [0.29, 0.717) is 5.92 Å². The van der Waals surface area contributed by atoms with Crippen LogP contribution in [-0.2, 0) is 9.53 Å². The Hall–Kier alpha value is -0.530. The van der Waals surface area contributed by atoms with E-state index in [0.717, 1.165) is 19.3 Å². The van der Waals surface area contributed by atoms with Crippen molar-refractivity contribution in [1.29, 1.82) is 0 Å². The van der Waals surface area contributed by atoms with Gasteiger partial charge in [-0.3, -0.25) is 4.79 Å². The van der Waals surface area contributed by atoms with E-state index in [1.165, 1.54) is 19.3 Å². The van der Waals surface area contributed by atoms with Crippen molar-refractivity contribution in [2.45, 2.75) is 58.0 Å². The first-order chi connectivity index (χ1) is 6.61. The Morgan fingerprint density at radius 3 is 2.36 bits per heavy atom. The van der Waals surface area contributed by atoms with Gasteiger partial charge < -0.3 is 4.74 Å². The summed E-state index contributed by atoms with van der Waals surface area (Å²) in [4.78, 5) is 11.7. The van der Waals surface area contributed by atoms with E-state index in [9.17, 15) is 4.79 Å². The van der Waals surface area contributed by atoms with Gasteiger partial charge in [0, 0.05) is 0 Å². The van der Waals surface area contributed by atoms with Gasteiger partial charge in [-0.1, -0.05) is 13.3 Å². The second kappa shape index (κ2) is 3.56. The Bertz CT molecular complexity index is 228. The van der Waals surface area contributed by atoms with Crippen LogP contribution in [0.3, 0.4) is 0 Å². The van der Waals surface area contributed by atoms with E-state index < -0.39 is 0 Å². The fourth-order valence-electron chi connectivity index (χ4n) is 2.37. The van der Waals surface area contributed by atoms with Gasteiger partial charge in [-0.15, -0.1) is 0 Å². The lowest BCUT2D eigenvalue weighted by Gasteiger charge is -2.33. The number of carbonyl (C=O) groups excluding carboxylic acids is 1. The summed E-state index contributed by atoms with van der Waals surface area (Å²) in [5, 5.41) is 0. The molecular weight excluding hydrogens is 176 g/mol. The van der Waals surface area contributed by atoms with Crippen LogP contribution in [0.4, 0.5) is 0 Å². The summed E-state index contributed by atoms with van der Waals surface area (Å²) in [5.74, 6) is 0.838. The minimum absolute atomic E-state index is 0.0573. The summed E-state index contributed by atoms with van der Waals surface area (Å²) in [6.07, 6.45) is 6.87. The van der Waals surface area contributed by atoms with Crippen LogP contribution in [-0.4, -0.2) is 11.6 Å². The highest BCUT2D eigenvalue weighted by molar-refractivity contribution is 5.76. The van der Waals surface area contributed by atoms with E-state index in [1.807, 2.05) is 0 Å². The van der Waals surface area contributed by atoms with Crippen molar-refractivity contribution in [3.63, 3.8) is 0 Å². The van der Waals surface area contributed by atoms with Crippen molar-refractivity contribution in [3.8, 4) is 0 Å². The first-order valence-electron chi connectivity index (χ1n) is 5.84. The van der Waals surface area contributed by atoms with Crippen LogP contribution in [0.5, 0.6) is 0 Å². The molecule has 2 atom stereocenters. The molecule has 0 amide bonds. The minimum Gasteiger partial charge on any atom is -0.459 e. The van der Waals surface area contributed by atoms with Gasteiger partial charge in [0.15, 0.2) is 0 Å². The molecule has 2 aliphatic carbocycles. The Labute approximate surface area is 86.0 Å². The van der Waals surface area contributed by atoms with E-state index in [1.54, 1.807) is 0 Å². The lowest BCUT2D eigenvalue weighted by molar-refractivity contribution is -0.163. The number of hydrogen-bond donors (Lipinski definition) is 0. The van der Waals surface area contributed by atoms with Crippen molar-refractivity contribution in [2.75, 3.05) is 0 Å². The van der Waals surface area contributed by atoms with Gasteiger partial charge >= 0.3 is 5.97 Å². The lowest BCUT2D eigenvalue weighted by Crippen LogP contribution is -2.34. The third-order valence-electron chi connectivity index (χ3n) is 3.67. The van der Waals surface area contributed by atoms with Crippen molar-refractivity contribution in [1.82, 2.24) is 0 Å². The zero-order valence-corrected chi connectivity index (χ0v) is 9.21. The number of hydrogen-bond acceptors (Lipinski definition) is 2. The summed E-state index contributed by atoms with van der Waals surface area (Å²) in [5.41, 5.74) is -0.141. The first kappa shape index (κ1) is 10.0. The Morgan fingerprint density at radius 2 is 1.86 bits per heavy atom. The Kier molecular flexibility index (Phi) is 2.54. The molecule has 2 rings (SSSR count). The predicted octanol–water partition coefficient (Wildman–Crippen LogP) is 2.91. The molecule has 80 valence electrons. The van der Waals surface area contributed by atoms with E-state index >= 15 is 0 Å². The molecule has 0 bridgehead atoms. The Balaban J connectivity index is 1.85. The van der Waals surface area contributed by atoms with Crippen LogP contribution in [0.2, 0.25) is 0 Å². The molecule has 2 heteroatoms. The fourth-order valence-corrected chi connectivity index (χ4v) is 2.37. The maximum absolute atomic E-state index is 11.7. The maximum atomic E-state index is 11.7. The van der Waals surface area contributed by atoms with Gasteiger partial charge in [-0.05, 0) is 44.9 Å². The number of ether oxygens (including phenoxy) is 1. The number of rotatable bonds is 2. The van der Waals surface area contributed by atoms with Crippen molar-refractivity contribution in [2.24, 2.45) is 11.8 Å². The van der Waals surface area contributed by atoms with Gasteiger partial charge in [-0.2, -0.15) is 0 Å². The average Bonchev–Trinajstić information content (AvgIpc) is 2.83. The molecule has 0 spiro atoms. The highest BCUT2D eigenvalue weighted by atomic mass is 16.6. The second-order valence-electron chi connectivity index (χ2n) is 5.25. The maximum Gasteiger partial charge on any atom is 0.309 e. The van der Waals surface area contributed by atoms with Crippen LogP contribution in [0.15, 0.2) is 0 Å². The summed E-state index contributed by atoms with van der Waals surface area (Å²) < 4.78 is 5.63. The molecule has 2 saturated carbocycles. The quantitative estimate of drug-likeness (QED) is 0.635. The van der Waals surface area contributed by atoms with Crippen LogP contribution in [0, 0.1) is 11.8 Å². The zero-order chi connectivity index (χ0) is 10.2. The monoisotopic (exact) mass is 196 g/mol. The molecule has 2 fully saturated rings. The summed E-state index contributed by atoms with van der Waals surface area (Å²) in [7, 11) is 0. The third-order valence-corrected chi connectivity index (χ3v) is 3.67. The van der Waals surface area contributed by atoms with Crippen molar-refractivity contribution in [3.05, 3.63) is 0 Å². The largest absolute Gasteiger partial charge is 0.459 e. The third kappa shape index (κ3) is 2.10. The number of carbonyl (C=O) groups is 1. The molecule has 2 unspecified atom stereocenters. The van der Waals surface area contributed by atoms with Crippen LogP contribution in [0.25, 0.3) is 0 Å². The second-order valence-corrected chi connectivity index (χ2v) is 5.25. The topological polar surface area (TPSA) is 26.3 Å². The molecule has 0 aromatic heterocycles. The first-order valence-corrected chi connectivity index (χ1v) is 5.84. The predicted molar refractivity (Wildman–Crippen MR) is 54.9 cm³/mol. The van der Waals surface area contributed by atoms with E-state index in [4.69, 9.17) is 4.74 Å². The van der Waals surface area contributed by atoms with Gasteiger partial charge in [0.05, 0.1) is 5.92 Å². The smallest absolute Gasteiger partial charge is 0.309 e. The SMILES string of the molecule is CC1CC1C(=O)OC1(C)CCCCC1. The molecule has 0 aliphatic heterocycles. The van der Waals surface area contributed by atoms with Crippen molar-refractivity contribution < 1.29 is 9.53 Å². The summed E-state index contributed by atoms with van der Waals surface area (Å²) in [6, 6.07) is 0. The van der Waals surface area contributed by atoms with Gasteiger partial charge in [0.1, 0.15) is 5.60 Å². The van der Waals surface area contributed by atoms with E-state index in [2.05, 4.69) is 13.8 Å².